The van der Waals surface area contributed by atoms with Crippen molar-refractivity contribution in [2.24, 2.45) is 5.41 Å². The minimum atomic E-state index is 0.113. The molecule has 1 fully saturated rings. The van der Waals surface area contributed by atoms with Crippen LogP contribution in [0.4, 0.5) is 0 Å². The van der Waals surface area contributed by atoms with E-state index in [-0.39, 0.29) is 11.0 Å². The second kappa shape index (κ2) is 3.01. The molecular weight excluding hydrogens is 176 g/mol. The molecule has 3 nitrogen and oxygen atoms in total. The molecule has 0 saturated heterocycles. The lowest BCUT2D eigenvalue weighted by Gasteiger charge is -2.17. The summed E-state index contributed by atoms with van der Waals surface area (Å²) in [5, 5.41) is 3.20. The molecule has 78 valence electrons. The summed E-state index contributed by atoms with van der Waals surface area (Å²) in [6, 6.07) is 1.75. The van der Waals surface area contributed by atoms with Gasteiger partial charge in [-0.25, -0.2) is 0 Å². The van der Waals surface area contributed by atoms with Crippen molar-refractivity contribution in [2.45, 2.75) is 46.1 Å². The first-order valence-corrected chi connectivity index (χ1v) is 5.25. The van der Waals surface area contributed by atoms with Crippen LogP contribution in [0.25, 0.3) is 0 Å². The first kappa shape index (κ1) is 9.56. The molecule has 1 aliphatic rings. The molecule has 0 amide bonds. The number of H-pyrrole nitrogens is 1. The summed E-state index contributed by atoms with van der Waals surface area (Å²) in [6.07, 6.45) is 2.46. The first-order chi connectivity index (χ1) is 6.46. The summed E-state index contributed by atoms with van der Waals surface area (Å²) in [5.74, 6) is 0.629. The Balaban J connectivity index is 2.21. The molecule has 0 atom stereocenters. The monoisotopic (exact) mass is 194 g/mol. The van der Waals surface area contributed by atoms with Crippen LogP contribution in [-0.2, 0) is 6.54 Å². The Bertz CT molecular complexity index is 377. The highest BCUT2D eigenvalue weighted by Gasteiger charge is 2.26. The molecule has 3 heteroatoms. The number of rotatable bonds is 2. The lowest BCUT2D eigenvalue weighted by atomic mass is 9.97. The molecule has 0 aliphatic heterocycles. The van der Waals surface area contributed by atoms with Gasteiger partial charge in [-0.2, -0.15) is 0 Å². The molecule has 0 aromatic carbocycles. The zero-order valence-corrected chi connectivity index (χ0v) is 9.13. The van der Waals surface area contributed by atoms with Gasteiger partial charge < -0.3 is 0 Å². The first-order valence-electron chi connectivity index (χ1n) is 5.25. The molecular formula is C11H18N2O. The van der Waals surface area contributed by atoms with Gasteiger partial charge in [-0.3, -0.25) is 14.6 Å². The van der Waals surface area contributed by atoms with Crippen molar-refractivity contribution in [1.82, 2.24) is 9.78 Å². The van der Waals surface area contributed by atoms with Gasteiger partial charge in [-0.1, -0.05) is 20.8 Å². The molecule has 0 unspecified atom stereocenters. The van der Waals surface area contributed by atoms with Crippen LogP contribution in [0.1, 0.15) is 45.2 Å². The van der Waals surface area contributed by atoms with Gasteiger partial charge in [0.1, 0.15) is 0 Å². The van der Waals surface area contributed by atoms with Crippen molar-refractivity contribution >= 4 is 0 Å². The number of aromatic nitrogens is 2. The molecule has 1 heterocycles. The fourth-order valence-electron chi connectivity index (χ4n) is 1.65. The third-order valence-electron chi connectivity index (χ3n) is 2.46. The van der Waals surface area contributed by atoms with E-state index < -0.39 is 0 Å². The van der Waals surface area contributed by atoms with E-state index in [2.05, 4.69) is 25.9 Å². The Hall–Kier alpha value is -0.990. The van der Waals surface area contributed by atoms with E-state index in [1.54, 1.807) is 10.7 Å². The second-order valence-electron chi connectivity index (χ2n) is 5.47. The van der Waals surface area contributed by atoms with Crippen LogP contribution in [0.15, 0.2) is 10.9 Å². The SMILES string of the molecule is CC(C)(C)Cn1[nH]c(C2CC2)cc1=O. The molecule has 1 aromatic rings. The van der Waals surface area contributed by atoms with Crippen molar-refractivity contribution in [3.05, 3.63) is 22.1 Å². The van der Waals surface area contributed by atoms with Crippen LogP contribution in [0.2, 0.25) is 0 Å². The zero-order chi connectivity index (χ0) is 10.3. The fourth-order valence-corrected chi connectivity index (χ4v) is 1.65. The second-order valence-corrected chi connectivity index (χ2v) is 5.47. The van der Waals surface area contributed by atoms with Crippen molar-refractivity contribution in [3.63, 3.8) is 0 Å². The predicted molar refractivity (Wildman–Crippen MR) is 56.5 cm³/mol. The van der Waals surface area contributed by atoms with E-state index >= 15 is 0 Å². The average Bonchev–Trinajstić information content (AvgIpc) is 2.77. The van der Waals surface area contributed by atoms with E-state index in [4.69, 9.17) is 0 Å². The maximum atomic E-state index is 11.6. The molecule has 14 heavy (non-hydrogen) atoms. The lowest BCUT2D eigenvalue weighted by Crippen LogP contribution is -2.24. The maximum Gasteiger partial charge on any atom is 0.266 e. The highest BCUT2D eigenvalue weighted by Crippen LogP contribution is 2.38. The molecule has 1 aliphatic carbocycles. The Kier molecular flexibility index (Phi) is 2.05. The quantitative estimate of drug-likeness (QED) is 0.769. The summed E-state index contributed by atoms with van der Waals surface area (Å²) in [7, 11) is 0. The van der Waals surface area contributed by atoms with Crippen LogP contribution in [0, 0.1) is 5.41 Å². The summed E-state index contributed by atoms with van der Waals surface area (Å²) in [4.78, 5) is 11.6. The average molecular weight is 194 g/mol. The Morgan fingerprint density at radius 3 is 2.64 bits per heavy atom. The van der Waals surface area contributed by atoms with E-state index in [0.29, 0.717) is 5.92 Å². The smallest absolute Gasteiger partial charge is 0.266 e. The van der Waals surface area contributed by atoms with Gasteiger partial charge >= 0.3 is 0 Å². The molecule has 0 spiro atoms. The van der Waals surface area contributed by atoms with Gasteiger partial charge in [-0.15, -0.1) is 0 Å². The predicted octanol–water partition coefficient (Wildman–Crippen LogP) is 2.10. The Morgan fingerprint density at radius 1 is 1.50 bits per heavy atom. The highest BCUT2D eigenvalue weighted by atomic mass is 16.1. The normalized spacial score (nSPS) is 17.4. The summed E-state index contributed by atoms with van der Waals surface area (Å²) in [5.41, 5.74) is 1.39. The standard InChI is InChI=1S/C11H18N2O/c1-11(2,3)7-13-10(14)6-9(12-13)8-4-5-8/h6,8,12H,4-5,7H2,1-3H3. The Morgan fingerprint density at radius 2 is 2.14 bits per heavy atom. The van der Waals surface area contributed by atoms with E-state index in [1.807, 2.05) is 0 Å². The van der Waals surface area contributed by atoms with Crippen molar-refractivity contribution < 1.29 is 0 Å². The van der Waals surface area contributed by atoms with Crippen LogP contribution in [0.5, 0.6) is 0 Å². The van der Waals surface area contributed by atoms with Gasteiger partial charge in [0, 0.05) is 24.2 Å². The number of hydrogen-bond donors (Lipinski definition) is 1. The van der Waals surface area contributed by atoms with Gasteiger partial charge in [-0.05, 0) is 18.3 Å². The fraction of sp³-hybridized carbons (Fsp3) is 0.727. The maximum absolute atomic E-state index is 11.6. The largest absolute Gasteiger partial charge is 0.299 e. The van der Waals surface area contributed by atoms with Crippen LogP contribution in [-0.4, -0.2) is 9.78 Å². The topological polar surface area (TPSA) is 37.8 Å². The number of nitrogens with one attached hydrogen (secondary N) is 1. The van der Waals surface area contributed by atoms with Crippen molar-refractivity contribution in [3.8, 4) is 0 Å². The van der Waals surface area contributed by atoms with Crippen molar-refractivity contribution in [1.29, 1.82) is 0 Å². The van der Waals surface area contributed by atoms with Crippen LogP contribution >= 0.6 is 0 Å². The van der Waals surface area contributed by atoms with E-state index in [9.17, 15) is 4.79 Å². The zero-order valence-electron chi connectivity index (χ0n) is 9.13. The number of nitrogens with zero attached hydrogens (tertiary/aromatic N) is 1. The highest BCUT2D eigenvalue weighted by molar-refractivity contribution is 5.12. The van der Waals surface area contributed by atoms with Gasteiger partial charge in [0.05, 0.1) is 0 Å². The summed E-state index contributed by atoms with van der Waals surface area (Å²) < 4.78 is 1.73. The number of hydrogen-bond acceptors (Lipinski definition) is 1. The van der Waals surface area contributed by atoms with Gasteiger partial charge in [0.25, 0.3) is 5.56 Å². The summed E-state index contributed by atoms with van der Waals surface area (Å²) >= 11 is 0. The van der Waals surface area contributed by atoms with E-state index in [0.717, 1.165) is 12.2 Å². The minimum absolute atomic E-state index is 0.113. The van der Waals surface area contributed by atoms with Gasteiger partial charge in [0.15, 0.2) is 0 Å². The van der Waals surface area contributed by atoms with Gasteiger partial charge in [0.2, 0.25) is 0 Å². The molecule has 1 N–H and O–H groups in total. The number of aromatic amines is 1. The van der Waals surface area contributed by atoms with Crippen molar-refractivity contribution in [2.75, 3.05) is 0 Å². The molecule has 0 bridgehead atoms. The molecule has 1 saturated carbocycles. The molecule has 1 aromatic heterocycles. The lowest BCUT2D eigenvalue weighted by molar-refractivity contribution is 0.319. The molecule has 0 radical (unpaired) electrons. The molecule has 2 rings (SSSR count). The van der Waals surface area contributed by atoms with E-state index in [1.165, 1.54) is 12.8 Å². The van der Waals surface area contributed by atoms with Crippen LogP contribution < -0.4 is 5.56 Å². The minimum Gasteiger partial charge on any atom is -0.299 e. The van der Waals surface area contributed by atoms with Crippen LogP contribution in [0.3, 0.4) is 0 Å². The summed E-state index contributed by atoms with van der Waals surface area (Å²) in [6.45, 7) is 7.17. The Labute approximate surface area is 84.1 Å². The third-order valence-corrected chi connectivity index (χ3v) is 2.46. The third kappa shape index (κ3) is 2.08.